The van der Waals surface area contributed by atoms with E-state index < -0.39 is 18.0 Å². The molecule has 1 fully saturated rings. The second-order valence-corrected chi connectivity index (χ2v) is 3.29. The van der Waals surface area contributed by atoms with Crippen molar-refractivity contribution in [2.75, 3.05) is 0 Å². The van der Waals surface area contributed by atoms with Gasteiger partial charge in [-0.05, 0) is 6.08 Å². The summed E-state index contributed by atoms with van der Waals surface area (Å²) in [6, 6.07) is -0.489. The van der Waals surface area contributed by atoms with Crippen LogP contribution in [0, 0.1) is 5.92 Å². The average molecular weight is 173 g/mol. The topological polar surface area (TPSA) is 29.1 Å². The van der Waals surface area contributed by atoms with Crippen molar-refractivity contribution in [1.29, 1.82) is 0 Å². The lowest BCUT2D eigenvalue weighted by Gasteiger charge is -2.24. The van der Waals surface area contributed by atoms with Crippen LogP contribution in [0.25, 0.3) is 0 Å². The van der Waals surface area contributed by atoms with Gasteiger partial charge in [0.15, 0.2) is 0 Å². The van der Waals surface area contributed by atoms with Crippen LogP contribution in [-0.4, -0.2) is 18.1 Å². The fourth-order valence-electron chi connectivity index (χ4n) is 1.83. The Kier molecular flexibility index (Phi) is 1.63. The van der Waals surface area contributed by atoms with Gasteiger partial charge in [0, 0.05) is 18.8 Å². The number of rotatable bonds is 0. The summed E-state index contributed by atoms with van der Waals surface area (Å²) in [5, 5.41) is 2.50. The van der Waals surface area contributed by atoms with E-state index in [1.807, 2.05) is 0 Å². The number of hydrogen-bond donors (Lipinski definition) is 1. The predicted molar refractivity (Wildman–Crippen MR) is 38.7 cm³/mol. The summed E-state index contributed by atoms with van der Waals surface area (Å²) < 4.78 is 25.7. The minimum Gasteiger partial charge on any atom is -0.350 e. The molecule has 0 unspecified atom stereocenters. The van der Waals surface area contributed by atoms with E-state index in [0.29, 0.717) is 0 Å². The van der Waals surface area contributed by atoms with Gasteiger partial charge in [0.1, 0.15) is 6.17 Å². The molecule has 4 heteroatoms. The molecule has 1 aliphatic carbocycles. The van der Waals surface area contributed by atoms with Crippen molar-refractivity contribution >= 4 is 5.91 Å². The first-order chi connectivity index (χ1) is 5.66. The Morgan fingerprint density at radius 3 is 3.00 bits per heavy atom. The van der Waals surface area contributed by atoms with Gasteiger partial charge in [0.25, 0.3) is 0 Å². The number of allylic oxidation sites excluding steroid dienone is 1. The minimum absolute atomic E-state index is 0.182. The predicted octanol–water partition coefficient (Wildman–Crippen LogP) is 1.09. The standard InChI is InChI=1S/C8H9F2NO/c9-5-1-4-2-7(12)11-8(4)6(10)3-5/h1,4,6,8H,2-3H2,(H,11,12)/t4-,6-,8+/m0/s1. The van der Waals surface area contributed by atoms with E-state index in [2.05, 4.69) is 5.32 Å². The van der Waals surface area contributed by atoms with Gasteiger partial charge in [-0.3, -0.25) is 4.79 Å². The van der Waals surface area contributed by atoms with Crippen molar-refractivity contribution < 1.29 is 13.6 Å². The molecule has 1 amide bonds. The molecule has 1 saturated heterocycles. The van der Waals surface area contributed by atoms with Gasteiger partial charge in [-0.1, -0.05) is 0 Å². The molecule has 2 rings (SSSR count). The van der Waals surface area contributed by atoms with Gasteiger partial charge in [-0.15, -0.1) is 0 Å². The van der Waals surface area contributed by atoms with Crippen LogP contribution in [0.2, 0.25) is 0 Å². The quantitative estimate of drug-likeness (QED) is 0.583. The van der Waals surface area contributed by atoms with Crippen molar-refractivity contribution in [3.8, 4) is 0 Å². The molecular weight excluding hydrogens is 164 g/mol. The smallest absolute Gasteiger partial charge is 0.221 e. The number of fused-ring (bicyclic) bond motifs is 1. The lowest BCUT2D eigenvalue weighted by atomic mass is 9.89. The highest BCUT2D eigenvalue weighted by molar-refractivity contribution is 5.79. The third-order valence-corrected chi connectivity index (χ3v) is 2.38. The molecule has 12 heavy (non-hydrogen) atoms. The summed E-state index contributed by atoms with van der Waals surface area (Å²) >= 11 is 0. The van der Waals surface area contributed by atoms with Crippen molar-refractivity contribution in [2.24, 2.45) is 5.92 Å². The van der Waals surface area contributed by atoms with Gasteiger partial charge in [-0.2, -0.15) is 0 Å². The number of nitrogens with one attached hydrogen (secondary N) is 1. The van der Waals surface area contributed by atoms with Crippen LogP contribution in [0.3, 0.4) is 0 Å². The van der Waals surface area contributed by atoms with Crippen LogP contribution in [0.15, 0.2) is 11.9 Å². The third kappa shape index (κ3) is 1.11. The Bertz CT molecular complexity index is 251. The molecular formula is C8H9F2NO. The van der Waals surface area contributed by atoms with Crippen molar-refractivity contribution in [1.82, 2.24) is 5.32 Å². The number of halogens is 2. The van der Waals surface area contributed by atoms with Crippen molar-refractivity contribution in [3.63, 3.8) is 0 Å². The molecule has 0 aromatic heterocycles. The monoisotopic (exact) mass is 173 g/mol. The molecule has 0 bridgehead atoms. The number of amides is 1. The Labute approximate surface area is 68.6 Å². The lowest BCUT2D eigenvalue weighted by molar-refractivity contribution is -0.119. The van der Waals surface area contributed by atoms with E-state index in [1.54, 1.807) is 0 Å². The third-order valence-electron chi connectivity index (χ3n) is 2.38. The van der Waals surface area contributed by atoms with Gasteiger partial charge in [0.2, 0.25) is 5.91 Å². The Morgan fingerprint density at radius 1 is 1.50 bits per heavy atom. The second-order valence-electron chi connectivity index (χ2n) is 3.29. The SMILES string of the molecule is O=C1C[C@@H]2C=C(F)C[C@H](F)[C@@H]2N1. The molecule has 0 aromatic rings. The van der Waals surface area contributed by atoms with Crippen LogP contribution in [0.1, 0.15) is 12.8 Å². The van der Waals surface area contributed by atoms with E-state index in [1.165, 1.54) is 6.08 Å². The van der Waals surface area contributed by atoms with Crippen LogP contribution < -0.4 is 5.32 Å². The first kappa shape index (κ1) is 7.71. The van der Waals surface area contributed by atoms with Gasteiger partial charge < -0.3 is 5.32 Å². The maximum atomic E-state index is 13.1. The zero-order chi connectivity index (χ0) is 8.72. The zero-order valence-corrected chi connectivity index (χ0v) is 6.39. The summed E-state index contributed by atoms with van der Waals surface area (Å²) in [6.45, 7) is 0. The molecule has 1 heterocycles. The first-order valence-electron chi connectivity index (χ1n) is 3.96. The Hall–Kier alpha value is -0.930. The van der Waals surface area contributed by atoms with E-state index in [0.717, 1.165) is 0 Å². The minimum atomic E-state index is -1.26. The molecule has 0 aromatic carbocycles. The summed E-state index contributed by atoms with van der Waals surface area (Å²) in [5.74, 6) is -0.889. The number of carbonyl (C=O) groups is 1. The first-order valence-corrected chi connectivity index (χ1v) is 3.96. The average Bonchev–Trinajstić information content (AvgIpc) is 2.29. The summed E-state index contributed by atoms with van der Waals surface area (Å²) in [4.78, 5) is 10.8. The lowest BCUT2D eigenvalue weighted by Crippen LogP contribution is -2.39. The molecule has 0 radical (unpaired) electrons. The van der Waals surface area contributed by atoms with Crippen LogP contribution >= 0.6 is 0 Å². The molecule has 66 valence electrons. The fourth-order valence-corrected chi connectivity index (χ4v) is 1.83. The van der Waals surface area contributed by atoms with Crippen LogP contribution in [0.4, 0.5) is 8.78 Å². The number of carbonyl (C=O) groups excluding carboxylic acids is 1. The highest BCUT2D eigenvalue weighted by Crippen LogP contribution is 2.32. The molecule has 1 N–H and O–H groups in total. The fraction of sp³-hybridized carbons (Fsp3) is 0.625. The summed E-state index contributed by atoms with van der Waals surface area (Å²) in [5.41, 5.74) is 0. The summed E-state index contributed by atoms with van der Waals surface area (Å²) in [7, 11) is 0. The molecule has 0 spiro atoms. The van der Waals surface area contributed by atoms with E-state index in [4.69, 9.17) is 0 Å². The van der Waals surface area contributed by atoms with Crippen molar-refractivity contribution in [3.05, 3.63) is 11.9 Å². The normalized spacial score (nSPS) is 40.3. The molecule has 2 aliphatic rings. The molecule has 2 nitrogen and oxygen atoms in total. The van der Waals surface area contributed by atoms with Crippen LogP contribution in [0.5, 0.6) is 0 Å². The van der Waals surface area contributed by atoms with Crippen LogP contribution in [-0.2, 0) is 4.79 Å². The van der Waals surface area contributed by atoms with Crippen molar-refractivity contribution in [2.45, 2.75) is 25.1 Å². The van der Waals surface area contributed by atoms with E-state index >= 15 is 0 Å². The molecule has 0 saturated carbocycles. The number of alkyl halides is 1. The second kappa shape index (κ2) is 2.54. The van der Waals surface area contributed by atoms with Gasteiger partial charge in [0.05, 0.1) is 11.9 Å². The van der Waals surface area contributed by atoms with E-state index in [-0.39, 0.29) is 24.7 Å². The highest BCUT2D eigenvalue weighted by atomic mass is 19.1. The highest BCUT2D eigenvalue weighted by Gasteiger charge is 2.40. The summed E-state index contributed by atoms with van der Waals surface area (Å²) in [6.07, 6.45) is 0.130. The largest absolute Gasteiger partial charge is 0.350 e. The molecule has 3 atom stereocenters. The Morgan fingerprint density at radius 2 is 2.25 bits per heavy atom. The maximum Gasteiger partial charge on any atom is 0.221 e. The maximum absolute atomic E-state index is 13.1. The number of hydrogen-bond acceptors (Lipinski definition) is 1. The molecule has 1 aliphatic heterocycles. The van der Waals surface area contributed by atoms with Gasteiger partial charge in [-0.25, -0.2) is 8.78 Å². The van der Waals surface area contributed by atoms with Gasteiger partial charge >= 0.3 is 0 Å². The Balaban J connectivity index is 2.22. The zero-order valence-electron chi connectivity index (χ0n) is 6.39. The van der Waals surface area contributed by atoms with E-state index in [9.17, 15) is 13.6 Å².